The molecule has 2 amide bonds. The Morgan fingerprint density at radius 3 is 2.35 bits per heavy atom. The van der Waals surface area contributed by atoms with E-state index in [9.17, 15) is 9.59 Å². The van der Waals surface area contributed by atoms with Crippen molar-refractivity contribution in [3.63, 3.8) is 0 Å². The van der Waals surface area contributed by atoms with Crippen molar-refractivity contribution in [2.45, 2.75) is 34.3 Å². The van der Waals surface area contributed by atoms with Crippen molar-refractivity contribution in [1.29, 1.82) is 0 Å². The van der Waals surface area contributed by atoms with E-state index in [1.807, 2.05) is 62.4 Å². The number of nitrogens with one attached hydrogen (secondary N) is 2. The first-order valence-corrected chi connectivity index (χ1v) is 14.9. The maximum atomic E-state index is 12.6. The molecule has 236 valence electrons. The molecule has 0 spiro atoms. The van der Waals surface area contributed by atoms with Crippen LogP contribution in [0.15, 0.2) is 101 Å². The lowest BCUT2D eigenvalue weighted by molar-refractivity contribution is -0.118. The third kappa shape index (κ3) is 8.03. The number of anilines is 1. The molecule has 0 saturated heterocycles. The SMILES string of the molecule is CCOc1cc(/C=N/NC(=O)c2ccc(COc3ccc(-n4c(C)ccc4C)cc3)o2)ccc1OCC(=O)Nc1ccccc1C. The monoisotopic (exact) mass is 620 g/mol. The minimum Gasteiger partial charge on any atom is -0.490 e. The Morgan fingerprint density at radius 2 is 1.61 bits per heavy atom. The number of aromatic nitrogens is 1. The average Bonchev–Trinajstić information content (AvgIpc) is 3.67. The van der Waals surface area contributed by atoms with Gasteiger partial charge < -0.3 is 28.5 Å². The molecule has 0 saturated carbocycles. The molecule has 46 heavy (non-hydrogen) atoms. The van der Waals surface area contributed by atoms with E-state index in [0.717, 1.165) is 28.3 Å². The van der Waals surface area contributed by atoms with Crippen LogP contribution in [0.5, 0.6) is 17.2 Å². The number of hydrogen-bond acceptors (Lipinski definition) is 7. The Labute approximate surface area is 267 Å². The maximum absolute atomic E-state index is 12.6. The third-order valence-electron chi connectivity index (χ3n) is 7.06. The molecule has 0 aliphatic rings. The van der Waals surface area contributed by atoms with Crippen LogP contribution in [0.4, 0.5) is 5.69 Å². The van der Waals surface area contributed by atoms with Gasteiger partial charge in [-0.1, -0.05) is 18.2 Å². The standard InChI is InChI=1S/C36H36N4O6/c1-5-43-34-20-27(12-18-32(34)45-23-35(41)38-31-9-7-6-8-24(31)2)21-37-39-36(42)33-19-17-30(46-33)22-44-29-15-13-28(14-16-29)40-25(3)10-11-26(40)4/h6-21H,5,22-23H2,1-4H3,(H,38,41)(H,39,42)/b37-21+. The molecular weight excluding hydrogens is 584 g/mol. The Kier molecular flexibility index (Phi) is 10.2. The van der Waals surface area contributed by atoms with E-state index < -0.39 is 5.91 Å². The van der Waals surface area contributed by atoms with E-state index in [2.05, 4.69) is 46.4 Å². The molecule has 2 N–H and O–H groups in total. The summed E-state index contributed by atoms with van der Waals surface area (Å²) in [6.07, 6.45) is 1.47. The number of rotatable bonds is 13. The topological polar surface area (TPSA) is 116 Å². The summed E-state index contributed by atoms with van der Waals surface area (Å²) >= 11 is 0. The highest BCUT2D eigenvalue weighted by atomic mass is 16.5. The molecule has 5 aromatic rings. The zero-order chi connectivity index (χ0) is 32.5. The molecule has 2 heterocycles. The average molecular weight is 621 g/mol. The van der Waals surface area contributed by atoms with E-state index >= 15 is 0 Å². The van der Waals surface area contributed by atoms with E-state index in [0.29, 0.717) is 35.2 Å². The fourth-order valence-corrected chi connectivity index (χ4v) is 4.75. The van der Waals surface area contributed by atoms with Crippen molar-refractivity contribution in [2.75, 3.05) is 18.5 Å². The summed E-state index contributed by atoms with van der Waals surface area (Å²) in [6, 6.07) is 27.9. The summed E-state index contributed by atoms with van der Waals surface area (Å²) in [4.78, 5) is 25.0. The van der Waals surface area contributed by atoms with E-state index in [1.165, 1.54) is 6.21 Å². The van der Waals surface area contributed by atoms with Gasteiger partial charge >= 0.3 is 5.91 Å². The molecule has 0 aliphatic carbocycles. The molecular formula is C36H36N4O6. The minimum absolute atomic E-state index is 0.104. The summed E-state index contributed by atoms with van der Waals surface area (Å²) in [5.41, 5.74) is 8.18. The van der Waals surface area contributed by atoms with Gasteiger partial charge in [0.05, 0.1) is 12.8 Å². The second-order valence-electron chi connectivity index (χ2n) is 10.5. The predicted octanol–water partition coefficient (Wildman–Crippen LogP) is 6.75. The molecule has 0 aliphatic heterocycles. The summed E-state index contributed by atoms with van der Waals surface area (Å²) in [6.45, 7) is 8.28. The number of carbonyl (C=O) groups excluding carboxylic acids is 2. The zero-order valence-corrected chi connectivity index (χ0v) is 26.2. The number of amides is 2. The Morgan fingerprint density at radius 1 is 0.848 bits per heavy atom. The van der Waals surface area contributed by atoms with Crippen LogP contribution in [-0.2, 0) is 11.4 Å². The lowest BCUT2D eigenvalue weighted by Gasteiger charge is -2.13. The minimum atomic E-state index is -0.506. The fraction of sp³-hybridized carbons (Fsp3) is 0.194. The molecule has 5 rings (SSSR count). The summed E-state index contributed by atoms with van der Waals surface area (Å²) in [5.74, 6) is 1.36. The lowest BCUT2D eigenvalue weighted by Crippen LogP contribution is -2.20. The summed E-state index contributed by atoms with van der Waals surface area (Å²) in [7, 11) is 0. The van der Waals surface area contributed by atoms with Crippen molar-refractivity contribution in [2.24, 2.45) is 5.10 Å². The number of furan rings is 1. The number of nitrogens with zero attached hydrogens (tertiary/aromatic N) is 2. The second-order valence-corrected chi connectivity index (χ2v) is 10.5. The van der Waals surface area contributed by atoms with Gasteiger partial charge in [0.15, 0.2) is 23.9 Å². The number of hydrazone groups is 1. The molecule has 10 nitrogen and oxygen atoms in total. The van der Waals surface area contributed by atoms with Crippen molar-refractivity contribution in [3.05, 3.63) is 125 Å². The number of hydrogen-bond donors (Lipinski definition) is 2. The normalized spacial score (nSPS) is 11.0. The molecule has 0 radical (unpaired) electrons. The first kappa shape index (κ1) is 31.6. The van der Waals surface area contributed by atoms with Crippen molar-refractivity contribution in [3.8, 4) is 22.9 Å². The summed E-state index contributed by atoms with van der Waals surface area (Å²) < 4.78 is 25.1. The smallest absolute Gasteiger partial charge is 0.307 e. The highest BCUT2D eigenvalue weighted by Gasteiger charge is 2.13. The van der Waals surface area contributed by atoms with Gasteiger partial charge in [0.25, 0.3) is 5.91 Å². The first-order valence-electron chi connectivity index (χ1n) is 14.9. The van der Waals surface area contributed by atoms with Crippen LogP contribution in [0.2, 0.25) is 0 Å². The number of benzene rings is 3. The van der Waals surface area contributed by atoms with Gasteiger partial charge in [0.2, 0.25) is 0 Å². The van der Waals surface area contributed by atoms with Crippen molar-refractivity contribution < 1.29 is 28.2 Å². The van der Waals surface area contributed by atoms with Crippen LogP contribution in [0.25, 0.3) is 5.69 Å². The molecule has 3 aromatic carbocycles. The fourth-order valence-electron chi connectivity index (χ4n) is 4.75. The summed E-state index contributed by atoms with van der Waals surface area (Å²) in [5, 5.41) is 6.88. The van der Waals surface area contributed by atoms with Gasteiger partial charge in [-0.3, -0.25) is 9.59 Å². The first-order chi connectivity index (χ1) is 22.3. The van der Waals surface area contributed by atoms with Crippen LogP contribution in [0.1, 0.15) is 45.8 Å². The number of aryl methyl sites for hydroxylation is 3. The van der Waals surface area contributed by atoms with Crippen LogP contribution in [0.3, 0.4) is 0 Å². The second kappa shape index (κ2) is 14.8. The Balaban J connectivity index is 1.11. The molecule has 0 unspecified atom stereocenters. The molecule has 0 bridgehead atoms. The number of ether oxygens (including phenoxy) is 3. The highest BCUT2D eigenvalue weighted by Crippen LogP contribution is 2.28. The molecule has 2 aromatic heterocycles. The van der Waals surface area contributed by atoms with Gasteiger partial charge in [-0.05, 0) is 112 Å². The van der Waals surface area contributed by atoms with Gasteiger partial charge in [0, 0.05) is 22.8 Å². The number of para-hydroxylation sites is 1. The quantitative estimate of drug-likeness (QED) is 0.111. The number of carbonyl (C=O) groups is 2. The predicted molar refractivity (Wildman–Crippen MR) is 176 cm³/mol. The zero-order valence-electron chi connectivity index (χ0n) is 26.2. The van der Waals surface area contributed by atoms with E-state index in [-0.39, 0.29) is 24.9 Å². The Hall–Kier alpha value is -5.77. The van der Waals surface area contributed by atoms with Crippen molar-refractivity contribution in [1.82, 2.24) is 9.99 Å². The van der Waals surface area contributed by atoms with E-state index in [1.54, 1.807) is 30.3 Å². The van der Waals surface area contributed by atoms with Gasteiger partial charge in [-0.2, -0.15) is 5.10 Å². The van der Waals surface area contributed by atoms with Gasteiger partial charge in [-0.15, -0.1) is 0 Å². The van der Waals surface area contributed by atoms with Crippen molar-refractivity contribution >= 4 is 23.7 Å². The van der Waals surface area contributed by atoms with Gasteiger partial charge in [0.1, 0.15) is 18.1 Å². The van der Waals surface area contributed by atoms with Crippen LogP contribution in [-0.4, -0.2) is 35.8 Å². The third-order valence-corrected chi connectivity index (χ3v) is 7.06. The van der Waals surface area contributed by atoms with E-state index in [4.69, 9.17) is 18.6 Å². The van der Waals surface area contributed by atoms with Crippen LogP contribution in [0, 0.1) is 20.8 Å². The lowest BCUT2D eigenvalue weighted by atomic mass is 10.2. The molecule has 0 fully saturated rings. The van der Waals surface area contributed by atoms with Crippen LogP contribution < -0.4 is 25.0 Å². The highest BCUT2D eigenvalue weighted by molar-refractivity contribution is 5.93. The molecule has 0 atom stereocenters. The van der Waals surface area contributed by atoms with Crippen LogP contribution >= 0.6 is 0 Å². The maximum Gasteiger partial charge on any atom is 0.307 e. The van der Waals surface area contributed by atoms with Gasteiger partial charge in [-0.25, -0.2) is 5.43 Å². The molecule has 10 heteroatoms. The largest absolute Gasteiger partial charge is 0.490 e. The Bertz CT molecular complexity index is 1820.